The Hall–Kier alpha value is -0.170. The molecule has 0 saturated carbocycles. The van der Waals surface area contributed by atoms with Crippen LogP contribution in [0.4, 0.5) is 8.78 Å². The second-order valence-corrected chi connectivity index (χ2v) is 7.09. The maximum Gasteiger partial charge on any atom is 0.296 e. The molecule has 0 aliphatic carbocycles. The average Bonchev–Trinajstić information content (AvgIpc) is 2.30. The Morgan fingerprint density at radius 1 is 1.53 bits per heavy atom. The molecule has 94 valence electrons. The number of hydrogen-bond acceptors (Lipinski definition) is 3. The molecule has 2 atom stereocenters. The van der Waals surface area contributed by atoms with Gasteiger partial charge in [0.05, 0.1) is 0 Å². The fraction of sp³-hybridized carbons (Fsp3) is 0.455. The van der Waals surface area contributed by atoms with Crippen molar-refractivity contribution in [3.63, 3.8) is 0 Å². The van der Waals surface area contributed by atoms with Crippen molar-refractivity contribution in [2.24, 2.45) is 5.73 Å². The molecular weight excluding hydrogens is 312 g/mol. The highest BCUT2D eigenvalue weighted by Gasteiger charge is 2.58. The van der Waals surface area contributed by atoms with Crippen LogP contribution in [0.15, 0.2) is 29.2 Å². The number of fused-ring (bicyclic) bond motifs is 1. The Morgan fingerprint density at radius 2 is 2.18 bits per heavy atom. The van der Waals surface area contributed by atoms with Crippen molar-refractivity contribution < 1.29 is 13.9 Å². The molecule has 3 N–H and O–H groups in total. The second-order valence-electron chi connectivity index (χ2n) is 4.03. The third-order valence-electron chi connectivity index (χ3n) is 2.85. The summed E-state index contributed by atoms with van der Waals surface area (Å²) >= 11 is 4.02. The molecule has 0 saturated heterocycles. The molecule has 0 bridgehead atoms. The number of hydrogen-bond donors (Lipinski definition) is 2. The van der Waals surface area contributed by atoms with E-state index in [1.54, 1.807) is 12.1 Å². The molecule has 1 aromatic rings. The fourth-order valence-corrected chi connectivity index (χ4v) is 3.84. The van der Waals surface area contributed by atoms with E-state index in [9.17, 15) is 8.78 Å². The van der Waals surface area contributed by atoms with Crippen LogP contribution in [0, 0.1) is 0 Å². The standard InChI is InChI=1S/C11H12BrF2NOS/c12-11(10(13,14)6-16)9(15)5-7-3-1-2-4-8(7)17-11/h1-4,9,16H,5-6,15H2/t9?,11-/m0/s1. The summed E-state index contributed by atoms with van der Waals surface area (Å²) < 4.78 is 25.9. The first-order valence-electron chi connectivity index (χ1n) is 5.11. The molecule has 0 radical (unpaired) electrons. The summed E-state index contributed by atoms with van der Waals surface area (Å²) in [5.74, 6) is -3.27. The number of benzene rings is 1. The zero-order valence-electron chi connectivity index (χ0n) is 8.87. The van der Waals surface area contributed by atoms with Gasteiger partial charge in [-0.05, 0) is 18.1 Å². The van der Waals surface area contributed by atoms with Gasteiger partial charge < -0.3 is 10.8 Å². The van der Waals surface area contributed by atoms with Crippen LogP contribution in [-0.2, 0) is 6.42 Å². The largest absolute Gasteiger partial charge is 0.390 e. The van der Waals surface area contributed by atoms with E-state index in [1.807, 2.05) is 12.1 Å². The van der Waals surface area contributed by atoms with Crippen molar-refractivity contribution in [1.29, 1.82) is 0 Å². The van der Waals surface area contributed by atoms with Crippen molar-refractivity contribution in [2.45, 2.75) is 26.9 Å². The van der Waals surface area contributed by atoms with Gasteiger partial charge in [-0.2, -0.15) is 0 Å². The molecule has 1 aliphatic heterocycles. The van der Waals surface area contributed by atoms with Crippen LogP contribution in [0.5, 0.6) is 0 Å². The Bertz CT molecular complexity index is 432. The lowest BCUT2D eigenvalue weighted by Gasteiger charge is -2.42. The van der Waals surface area contributed by atoms with Crippen LogP contribution in [0.25, 0.3) is 0 Å². The Balaban J connectivity index is 2.40. The SMILES string of the molecule is NC1Cc2ccccc2S[C@]1(Br)C(F)(F)CO. The van der Waals surface area contributed by atoms with Crippen molar-refractivity contribution in [3.8, 4) is 0 Å². The molecule has 1 aromatic carbocycles. The summed E-state index contributed by atoms with van der Waals surface area (Å²) in [5, 5.41) is 8.83. The quantitative estimate of drug-likeness (QED) is 0.821. The molecule has 1 aliphatic rings. The minimum atomic E-state index is -3.27. The Kier molecular flexibility index (Phi) is 3.51. The van der Waals surface area contributed by atoms with Crippen molar-refractivity contribution in [3.05, 3.63) is 29.8 Å². The molecule has 0 aromatic heterocycles. The number of aliphatic hydroxyl groups excluding tert-OH is 1. The normalized spacial score (nSPS) is 28.9. The van der Waals surface area contributed by atoms with Gasteiger partial charge >= 0.3 is 0 Å². The monoisotopic (exact) mass is 323 g/mol. The van der Waals surface area contributed by atoms with Crippen LogP contribution in [0.3, 0.4) is 0 Å². The summed E-state index contributed by atoms with van der Waals surface area (Å²) in [6.45, 7) is -1.22. The number of thioether (sulfide) groups is 1. The summed E-state index contributed by atoms with van der Waals surface area (Å²) in [6.07, 6.45) is 0.365. The highest BCUT2D eigenvalue weighted by atomic mass is 79.9. The smallest absolute Gasteiger partial charge is 0.296 e. The van der Waals surface area contributed by atoms with Crippen molar-refractivity contribution >= 4 is 27.7 Å². The summed E-state index contributed by atoms with van der Waals surface area (Å²) in [4.78, 5) is 0.777. The minimum Gasteiger partial charge on any atom is -0.390 e. The van der Waals surface area contributed by atoms with Gasteiger partial charge in [-0.25, -0.2) is 8.78 Å². The zero-order valence-corrected chi connectivity index (χ0v) is 11.3. The third-order valence-corrected chi connectivity index (χ3v) is 6.02. The molecule has 17 heavy (non-hydrogen) atoms. The van der Waals surface area contributed by atoms with Crippen LogP contribution in [0.1, 0.15) is 5.56 Å². The highest BCUT2D eigenvalue weighted by Crippen LogP contribution is 2.54. The zero-order chi connectivity index (χ0) is 12.7. The third kappa shape index (κ3) is 2.12. The lowest BCUT2D eigenvalue weighted by Crippen LogP contribution is -2.57. The van der Waals surface area contributed by atoms with E-state index in [2.05, 4.69) is 15.9 Å². The lowest BCUT2D eigenvalue weighted by atomic mass is 9.99. The maximum absolute atomic E-state index is 13.8. The fourth-order valence-electron chi connectivity index (χ4n) is 1.83. The van der Waals surface area contributed by atoms with Gasteiger partial charge in [0.15, 0.2) is 3.66 Å². The van der Waals surface area contributed by atoms with E-state index in [1.165, 1.54) is 0 Å². The summed E-state index contributed by atoms with van der Waals surface area (Å²) in [6, 6.07) is 6.57. The van der Waals surface area contributed by atoms with Crippen LogP contribution >= 0.6 is 27.7 Å². The molecule has 0 fully saturated rings. The van der Waals surface area contributed by atoms with Crippen molar-refractivity contribution in [1.82, 2.24) is 0 Å². The first kappa shape index (κ1) is 13.3. The van der Waals surface area contributed by atoms with E-state index in [0.29, 0.717) is 6.42 Å². The van der Waals surface area contributed by atoms with Gasteiger partial charge in [-0.1, -0.05) is 45.9 Å². The number of nitrogens with two attached hydrogens (primary N) is 1. The number of alkyl halides is 3. The summed E-state index contributed by atoms with van der Waals surface area (Å²) in [5.41, 5.74) is 6.80. The number of aliphatic hydroxyl groups is 1. The van der Waals surface area contributed by atoms with Crippen molar-refractivity contribution in [2.75, 3.05) is 6.61 Å². The van der Waals surface area contributed by atoms with Crippen LogP contribution in [0.2, 0.25) is 0 Å². The predicted octanol–water partition coefficient (Wildman–Crippen LogP) is 2.38. The van der Waals surface area contributed by atoms with E-state index in [4.69, 9.17) is 10.8 Å². The number of rotatable bonds is 2. The lowest BCUT2D eigenvalue weighted by molar-refractivity contribution is -0.0625. The molecular formula is C11H12BrF2NOS. The first-order valence-corrected chi connectivity index (χ1v) is 6.72. The molecule has 2 nitrogen and oxygen atoms in total. The Labute approximate surface area is 111 Å². The molecule has 2 rings (SSSR count). The Morgan fingerprint density at radius 3 is 2.82 bits per heavy atom. The van der Waals surface area contributed by atoms with Gasteiger partial charge in [-0.3, -0.25) is 0 Å². The summed E-state index contributed by atoms with van der Waals surface area (Å²) in [7, 11) is 0. The van der Waals surface area contributed by atoms with Gasteiger partial charge in [0.2, 0.25) is 0 Å². The molecule has 0 amide bonds. The van der Waals surface area contributed by atoms with E-state index in [-0.39, 0.29) is 0 Å². The maximum atomic E-state index is 13.8. The van der Waals surface area contributed by atoms with Gasteiger partial charge in [0, 0.05) is 10.9 Å². The first-order chi connectivity index (χ1) is 7.90. The predicted molar refractivity (Wildman–Crippen MR) is 67.7 cm³/mol. The van der Waals surface area contributed by atoms with E-state index >= 15 is 0 Å². The average molecular weight is 324 g/mol. The molecule has 6 heteroatoms. The second kappa shape index (κ2) is 4.50. The molecule has 1 unspecified atom stereocenters. The minimum absolute atomic E-state index is 0.365. The van der Waals surface area contributed by atoms with E-state index < -0.39 is 22.2 Å². The van der Waals surface area contributed by atoms with Gasteiger partial charge in [0.1, 0.15) is 6.61 Å². The van der Waals surface area contributed by atoms with E-state index in [0.717, 1.165) is 22.2 Å². The molecule has 1 heterocycles. The topological polar surface area (TPSA) is 46.2 Å². The van der Waals surface area contributed by atoms with Crippen LogP contribution in [-0.4, -0.2) is 27.3 Å². The highest BCUT2D eigenvalue weighted by molar-refractivity contribution is 9.12. The van der Waals surface area contributed by atoms with Gasteiger partial charge in [-0.15, -0.1) is 0 Å². The van der Waals surface area contributed by atoms with Crippen LogP contribution < -0.4 is 5.73 Å². The molecule has 0 spiro atoms. The van der Waals surface area contributed by atoms with Gasteiger partial charge in [0.25, 0.3) is 5.92 Å². The number of halogens is 3.